The lowest BCUT2D eigenvalue weighted by atomic mass is 9.83. The van der Waals surface area contributed by atoms with Crippen LogP contribution in [-0.4, -0.2) is 54.5 Å². The Bertz CT molecular complexity index is 923. The van der Waals surface area contributed by atoms with Gasteiger partial charge in [-0.15, -0.1) is 0 Å². The Kier molecular flexibility index (Phi) is 8.95. The Morgan fingerprint density at radius 2 is 1.55 bits per heavy atom. The Balaban J connectivity index is 1.33. The van der Waals surface area contributed by atoms with E-state index in [1.165, 1.54) is 37.7 Å². The molecule has 1 atom stereocenters. The zero-order chi connectivity index (χ0) is 23.2. The molecule has 2 fully saturated rings. The first kappa shape index (κ1) is 24.8. The van der Waals surface area contributed by atoms with Crippen LogP contribution in [0, 0.1) is 5.92 Å². The third-order valence-electron chi connectivity index (χ3n) is 6.95. The van der Waals surface area contributed by atoms with Gasteiger partial charge in [0.2, 0.25) is 0 Å². The SMILES string of the molecule is O=C(NC(CN1CCN(Cc2ccc(Cl)c(Cl)c2)CC1)C1CCCCC1)c1ccc(Cl)cc1. The van der Waals surface area contributed by atoms with Gasteiger partial charge in [-0.2, -0.15) is 0 Å². The second kappa shape index (κ2) is 11.9. The standard InChI is InChI=1S/C26H32Cl3N3O/c27-22-9-7-21(8-10-22)26(33)30-25(20-4-2-1-3-5-20)18-32-14-12-31(13-15-32)17-19-6-11-23(28)24(29)16-19/h6-11,16,20,25H,1-5,12-15,17-18H2,(H,30,33). The van der Waals surface area contributed by atoms with Gasteiger partial charge in [0.1, 0.15) is 0 Å². The maximum atomic E-state index is 13.0. The van der Waals surface area contributed by atoms with Crippen LogP contribution in [0.15, 0.2) is 42.5 Å². The van der Waals surface area contributed by atoms with E-state index in [0.29, 0.717) is 26.5 Å². The second-order valence-electron chi connectivity index (χ2n) is 9.31. The number of rotatable bonds is 7. The first-order valence-corrected chi connectivity index (χ1v) is 13.1. The van der Waals surface area contributed by atoms with Gasteiger partial charge in [0.15, 0.2) is 0 Å². The summed E-state index contributed by atoms with van der Waals surface area (Å²) in [4.78, 5) is 17.9. The molecule has 0 bridgehead atoms. The summed E-state index contributed by atoms with van der Waals surface area (Å²) in [5.41, 5.74) is 1.86. The van der Waals surface area contributed by atoms with E-state index < -0.39 is 0 Å². The van der Waals surface area contributed by atoms with E-state index in [1.54, 1.807) is 24.3 Å². The summed E-state index contributed by atoms with van der Waals surface area (Å²) in [5.74, 6) is 0.546. The number of halogens is 3. The number of amides is 1. The van der Waals surface area contributed by atoms with Crippen LogP contribution in [0.2, 0.25) is 15.1 Å². The Labute approximate surface area is 212 Å². The lowest BCUT2D eigenvalue weighted by Gasteiger charge is -2.39. The van der Waals surface area contributed by atoms with Gasteiger partial charge in [-0.05, 0) is 60.7 Å². The maximum Gasteiger partial charge on any atom is 0.251 e. The van der Waals surface area contributed by atoms with E-state index in [0.717, 1.165) is 39.3 Å². The summed E-state index contributed by atoms with van der Waals surface area (Å²) < 4.78 is 0. The number of benzene rings is 2. The molecule has 2 aromatic rings. The molecule has 2 aromatic carbocycles. The molecule has 2 aliphatic rings. The lowest BCUT2D eigenvalue weighted by Crippen LogP contribution is -2.53. The molecule has 1 aliphatic heterocycles. The van der Waals surface area contributed by atoms with E-state index in [2.05, 4.69) is 15.1 Å². The molecule has 1 N–H and O–H groups in total. The van der Waals surface area contributed by atoms with Crippen molar-refractivity contribution in [2.45, 2.75) is 44.7 Å². The fourth-order valence-corrected chi connectivity index (χ4v) is 5.45. The molecule has 33 heavy (non-hydrogen) atoms. The van der Waals surface area contributed by atoms with Gasteiger partial charge in [-0.25, -0.2) is 0 Å². The Hall–Kier alpha value is -1.30. The molecule has 4 rings (SSSR count). The minimum absolute atomic E-state index is 0.000457. The summed E-state index contributed by atoms with van der Waals surface area (Å²) >= 11 is 18.2. The van der Waals surface area contributed by atoms with Crippen molar-refractivity contribution in [3.05, 3.63) is 68.7 Å². The molecule has 4 nitrogen and oxygen atoms in total. The van der Waals surface area contributed by atoms with Crippen molar-refractivity contribution in [2.24, 2.45) is 5.92 Å². The summed E-state index contributed by atoms with van der Waals surface area (Å²) in [5, 5.41) is 5.22. The van der Waals surface area contributed by atoms with Crippen LogP contribution in [0.4, 0.5) is 0 Å². The first-order chi connectivity index (χ1) is 16.0. The van der Waals surface area contributed by atoms with Crippen LogP contribution in [-0.2, 0) is 6.54 Å². The molecule has 178 valence electrons. The van der Waals surface area contributed by atoms with Gasteiger partial charge < -0.3 is 5.32 Å². The van der Waals surface area contributed by atoms with Crippen LogP contribution in [0.5, 0.6) is 0 Å². The van der Waals surface area contributed by atoms with Gasteiger partial charge in [0, 0.05) is 55.9 Å². The zero-order valence-corrected chi connectivity index (χ0v) is 21.2. The Morgan fingerprint density at radius 3 is 2.21 bits per heavy atom. The van der Waals surface area contributed by atoms with Crippen molar-refractivity contribution >= 4 is 40.7 Å². The molecular weight excluding hydrogens is 477 g/mol. The number of nitrogens with zero attached hydrogens (tertiary/aromatic N) is 2. The van der Waals surface area contributed by atoms with Crippen molar-refractivity contribution in [3.63, 3.8) is 0 Å². The third kappa shape index (κ3) is 7.10. The van der Waals surface area contributed by atoms with Crippen LogP contribution >= 0.6 is 34.8 Å². The van der Waals surface area contributed by atoms with E-state index in [-0.39, 0.29) is 11.9 Å². The minimum Gasteiger partial charge on any atom is -0.348 e. The van der Waals surface area contributed by atoms with Crippen LogP contribution < -0.4 is 5.32 Å². The van der Waals surface area contributed by atoms with Gasteiger partial charge in [0.05, 0.1) is 10.0 Å². The molecule has 0 spiro atoms. The number of carbonyl (C=O) groups is 1. The third-order valence-corrected chi connectivity index (χ3v) is 7.94. The first-order valence-electron chi connectivity index (χ1n) is 11.9. The van der Waals surface area contributed by atoms with E-state index >= 15 is 0 Å². The number of hydrogen-bond acceptors (Lipinski definition) is 3. The molecule has 7 heteroatoms. The van der Waals surface area contributed by atoms with Crippen molar-refractivity contribution in [1.82, 2.24) is 15.1 Å². The van der Waals surface area contributed by atoms with Crippen molar-refractivity contribution in [3.8, 4) is 0 Å². The highest BCUT2D eigenvalue weighted by Gasteiger charge is 2.28. The molecule has 1 saturated carbocycles. The minimum atomic E-state index is 0.000457. The number of nitrogens with one attached hydrogen (secondary N) is 1. The highest BCUT2D eigenvalue weighted by atomic mass is 35.5. The smallest absolute Gasteiger partial charge is 0.251 e. The zero-order valence-electron chi connectivity index (χ0n) is 18.9. The molecule has 1 unspecified atom stereocenters. The summed E-state index contributed by atoms with van der Waals surface area (Å²) in [6.45, 7) is 5.79. The van der Waals surface area contributed by atoms with Crippen LogP contribution in [0.3, 0.4) is 0 Å². The van der Waals surface area contributed by atoms with Gasteiger partial charge >= 0.3 is 0 Å². The van der Waals surface area contributed by atoms with E-state index in [4.69, 9.17) is 34.8 Å². The number of piperazine rings is 1. The predicted octanol–water partition coefficient (Wildman–Crippen LogP) is 6.14. The molecule has 1 saturated heterocycles. The van der Waals surface area contributed by atoms with Crippen molar-refractivity contribution in [2.75, 3.05) is 32.7 Å². The second-order valence-corrected chi connectivity index (χ2v) is 10.6. The highest BCUT2D eigenvalue weighted by molar-refractivity contribution is 6.42. The predicted molar refractivity (Wildman–Crippen MR) is 137 cm³/mol. The summed E-state index contributed by atoms with van der Waals surface area (Å²) in [7, 11) is 0. The van der Waals surface area contributed by atoms with Gasteiger partial charge in [0.25, 0.3) is 5.91 Å². The monoisotopic (exact) mass is 507 g/mol. The topological polar surface area (TPSA) is 35.6 Å². The summed E-state index contributed by atoms with van der Waals surface area (Å²) in [6.07, 6.45) is 6.22. The normalized spacial score (nSPS) is 19.4. The van der Waals surface area contributed by atoms with Crippen molar-refractivity contribution < 1.29 is 4.79 Å². The highest BCUT2D eigenvalue weighted by Crippen LogP contribution is 2.28. The summed E-state index contributed by atoms with van der Waals surface area (Å²) in [6, 6.07) is 13.2. The van der Waals surface area contributed by atoms with E-state index in [1.807, 2.05) is 18.2 Å². The molecular formula is C26H32Cl3N3O. The number of carbonyl (C=O) groups excluding carboxylic acids is 1. The molecule has 1 heterocycles. The molecule has 1 amide bonds. The fourth-order valence-electron chi connectivity index (χ4n) is 5.01. The molecule has 0 aromatic heterocycles. The van der Waals surface area contributed by atoms with Crippen molar-refractivity contribution in [1.29, 1.82) is 0 Å². The average Bonchev–Trinajstić information content (AvgIpc) is 2.83. The number of hydrogen-bond donors (Lipinski definition) is 1. The molecule has 1 aliphatic carbocycles. The fraction of sp³-hybridized carbons (Fsp3) is 0.500. The largest absolute Gasteiger partial charge is 0.348 e. The average molecular weight is 509 g/mol. The lowest BCUT2D eigenvalue weighted by molar-refractivity contribution is 0.0823. The van der Waals surface area contributed by atoms with Crippen LogP contribution in [0.25, 0.3) is 0 Å². The van der Waals surface area contributed by atoms with E-state index in [9.17, 15) is 4.79 Å². The maximum absolute atomic E-state index is 13.0. The van der Waals surface area contributed by atoms with Crippen LogP contribution in [0.1, 0.15) is 48.0 Å². The van der Waals surface area contributed by atoms with Gasteiger partial charge in [-0.3, -0.25) is 14.6 Å². The van der Waals surface area contributed by atoms with Gasteiger partial charge in [-0.1, -0.05) is 60.1 Å². The molecule has 0 radical (unpaired) electrons. The quantitative estimate of drug-likeness (QED) is 0.488. The Morgan fingerprint density at radius 1 is 0.879 bits per heavy atom.